The van der Waals surface area contributed by atoms with E-state index in [1.54, 1.807) is 0 Å². The number of ether oxygens (including phenoxy) is 1. The van der Waals surface area contributed by atoms with Gasteiger partial charge in [-0.15, -0.1) is 0 Å². The molecule has 0 atom stereocenters. The Morgan fingerprint density at radius 2 is 1.93 bits per heavy atom. The number of esters is 1. The Hall–Kier alpha value is -0.660. The van der Waals surface area contributed by atoms with Gasteiger partial charge in [0.25, 0.3) is 0 Å². The summed E-state index contributed by atoms with van der Waals surface area (Å²) < 4.78 is 35.6. The first-order valence-electron chi connectivity index (χ1n) is 4.25. The molecule has 0 radical (unpaired) electrons. The van der Waals surface area contributed by atoms with Crippen LogP contribution in [0.3, 0.4) is 0 Å². The minimum Gasteiger partial charge on any atom is -0.469 e. The molecule has 82 valence electrons. The van der Waals surface area contributed by atoms with E-state index in [-0.39, 0.29) is 25.0 Å². The maximum Gasteiger partial charge on any atom is 0.335 e. The van der Waals surface area contributed by atoms with Crippen molar-refractivity contribution < 1.29 is 22.5 Å². The largest absolute Gasteiger partial charge is 0.469 e. The fourth-order valence-electron chi connectivity index (χ4n) is 1.49. The molecule has 1 aliphatic rings. The number of nitrogens with zero attached hydrogens (tertiary/aromatic N) is 1. The lowest BCUT2D eigenvalue weighted by atomic mass is 9.99. The molecule has 1 fully saturated rings. The zero-order chi connectivity index (χ0) is 10.8. The highest BCUT2D eigenvalue weighted by atomic mass is 32.2. The van der Waals surface area contributed by atoms with E-state index in [9.17, 15) is 13.2 Å². The summed E-state index contributed by atoms with van der Waals surface area (Å²) in [4.78, 5) is 11.1. The van der Waals surface area contributed by atoms with Crippen molar-refractivity contribution in [2.24, 2.45) is 5.92 Å². The Morgan fingerprint density at radius 3 is 2.29 bits per heavy atom. The molecule has 6 nitrogen and oxygen atoms in total. The standard InChI is InChI=1S/C7H13NO5S/c1-13-7(9)6-2-4-8(5-3-6)14(10,11)12/h6H,2-5H2,1H3,(H,10,11,12). The van der Waals surface area contributed by atoms with Gasteiger partial charge in [-0.2, -0.15) is 12.7 Å². The highest BCUT2D eigenvalue weighted by Gasteiger charge is 2.30. The molecule has 1 aliphatic heterocycles. The van der Waals surface area contributed by atoms with Gasteiger partial charge in [0.2, 0.25) is 0 Å². The third-order valence-electron chi connectivity index (χ3n) is 2.31. The molecule has 1 saturated heterocycles. The second-order valence-corrected chi connectivity index (χ2v) is 4.59. The van der Waals surface area contributed by atoms with Crippen LogP contribution in [0.5, 0.6) is 0 Å². The smallest absolute Gasteiger partial charge is 0.335 e. The molecule has 0 aromatic rings. The first kappa shape index (κ1) is 11.4. The summed E-state index contributed by atoms with van der Waals surface area (Å²) in [7, 11) is -2.80. The second-order valence-electron chi connectivity index (χ2n) is 3.17. The molecule has 0 amide bonds. The highest BCUT2D eigenvalue weighted by molar-refractivity contribution is 7.83. The van der Waals surface area contributed by atoms with Gasteiger partial charge in [0.1, 0.15) is 0 Å². The maximum atomic E-state index is 11.1. The zero-order valence-electron chi connectivity index (χ0n) is 7.84. The van der Waals surface area contributed by atoms with Crippen molar-refractivity contribution >= 4 is 16.3 Å². The normalized spacial score (nSPS) is 20.7. The van der Waals surface area contributed by atoms with Crippen LogP contribution in [0.2, 0.25) is 0 Å². The maximum absolute atomic E-state index is 11.1. The summed E-state index contributed by atoms with van der Waals surface area (Å²) in [6.07, 6.45) is 0.791. The molecule has 0 aromatic carbocycles. The van der Waals surface area contributed by atoms with Crippen LogP contribution in [-0.2, 0) is 19.8 Å². The molecule has 0 saturated carbocycles. The number of hydrogen-bond donors (Lipinski definition) is 1. The van der Waals surface area contributed by atoms with Gasteiger partial charge in [0.15, 0.2) is 0 Å². The molecule has 0 aromatic heterocycles. The Bertz CT molecular complexity index is 304. The number of piperidine rings is 1. The predicted octanol–water partition coefficient (Wildman–Crippen LogP) is -0.326. The zero-order valence-corrected chi connectivity index (χ0v) is 8.66. The predicted molar refractivity (Wildman–Crippen MR) is 47.9 cm³/mol. The summed E-state index contributed by atoms with van der Waals surface area (Å²) in [5.41, 5.74) is 0. The molecule has 0 aliphatic carbocycles. The van der Waals surface area contributed by atoms with Crippen molar-refractivity contribution in [3.63, 3.8) is 0 Å². The number of carbonyl (C=O) groups is 1. The fourth-order valence-corrected chi connectivity index (χ4v) is 2.16. The van der Waals surface area contributed by atoms with Crippen molar-refractivity contribution in [3.05, 3.63) is 0 Å². The first-order chi connectivity index (χ1) is 6.45. The summed E-state index contributed by atoms with van der Waals surface area (Å²) >= 11 is 0. The summed E-state index contributed by atoms with van der Waals surface area (Å²) in [6.45, 7) is 0.331. The van der Waals surface area contributed by atoms with Crippen molar-refractivity contribution in [1.29, 1.82) is 0 Å². The van der Waals surface area contributed by atoms with Crippen LogP contribution in [0.15, 0.2) is 0 Å². The molecule has 1 N–H and O–H groups in total. The molecule has 1 rings (SSSR count). The van der Waals surface area contributed by atoms with E-state index in [4.69, 9.17) is 4.55 Å². The van der Waals surface area contributed by atoms with E-state index in [0.717, 1.165) is 4.31 Å². The van der Waals surface area contributed by atoms with E-state index in [1.807, 2.05) is 0 Å². The number of carbonyl (C=O) groups excluding carboxylic acids is 1. The molecule has 1 heterocycles. The molecule has 7 heteroatoms. The van der Waals surface area contributed by atoms with E-state index in [0.29, 0.717) is 12.8 Å². The van der Waals surface area contributed by atoms with E-state index >= 15 is 0 Å². The van der Waals surface area contributed by atoms with Gasteiger partial charge in [0, 0.05) is 13.1 Å². The van der Waals surface area contributed by atoms with Crippen LogP contribution in [0, 0.1) is 5.92 Å². The summed E-state index contributed by atoms with van der Waals surface area (Å²) in [5.74, 6) is -0.571. The highest BCUT2D eigenvalue weighted by Crippen LogP contribution is 2.19. The SMILES string of the molecule is COC(=O)C1CCN(S(=O)(=O)O)CC1. The van der Waals surface area contributed by atoms with Crippen molar-refractivity contribution in [2.45, 2.75) is 12.8 Å². The van der Waals surface area contributed by atoms with E-state index in [2.05, 4.69) is 4.74 Å². The average Bonchev–Trinajstić information content (AvgIpc) is 2.15. The summed E-state index contributed by atoms with van der Waals surface area (Å²) in [6, 6.07) is 0. The number of methoxy groups -OCH3 is 1. The minimum absolute atomic E-state index is 0.165. The minimum atomic E-state index is -4.10. The van der Waals surface area contributed by atoms with Crippen LogP contribution in [0.25, 0.3) is 0 Å². The fraction of sp³-hybridized carbons (Fsp3) is 0.857. The molecular formula is C7H13NO5S. The average molecular weight is 223 g/mol. The van der Waals surface area contributed by atoms with Gasteiger partial charge in [-0.05, 0) is 12.8 Å². The first-order valence-corrected chi connectivity index (χ1v) is 5.65. The van der Waals surface area contributed by atoms with Crippen LogP contribution in [0.4, 0.5) is 0 Å². The van der Waals surface area contributed by atoms with E-state index in [1.165, 1.54) is 7.11 Å². The van der Waals surface area contributed by atoms with Crippen molar-refractivity contribution in [2.75, 3.05) is 20.2 Å². The Balaban J connectivity index is 2.51. The van der Waals surface area contributed by atoms with Gasteiger partial charge in [-0.3, -0.25) is 9.35 Å². The van der Waals surface area contributed by atoms with Gasteiger partial charge in [-0.25, -0.2) is 0 Å². The van der Waals surface area contributed by atoms with Gasteiger partial charge in [-0.1, -0.05) is 0 Å². The van der Waals surface area contributed by atoms with E-state index < -0.39 is 10.3 Å². The molecule has 0 bridgehead atoms. The van der Waals surface area contributed by atoms with Crippen molar-refractivity contribution in [3.8, 4) is 0 Å². The lowest BCUT2D eigenvalue weighted by Crippen LogP contribution is -2.40. The monoisotopic (exact) mass is 223 g/mol. The Kier molecular flexibility index (Phi) is 3.46. The molecular weight excluding hydrogens is 210 g/mol. The van der Waals surface area contributed by atoms with Crippen LogP contribution >= 0.6 is 0 Å². The van der Waals surface area contributed by atoms with Gasteiger partial charge < -0.3 is 4.74 Å². The van der Waals surface area contributed by atoms with Crippen LogP contribution in [0.1, 0.15) is 12.8 Å². The summed E-state index contributed by atoms with van der Waals surface area (Å²) in [5, 5.41) is 0. The number of hydrogen-bond acceptors (Lipinski definition) is 4. The third kappa shape index (κ3) is 2.66. The molecule has 14 heavy (non-hydrogen) atoms. The Morgan fingerprint density at radius 1 is 1.43 bits per heavy atom. The Labute approximate surface area is 82.7 Å². The van der Waals surface area contributed by atoms with Gasteiger partial charge in [0.05, 0.1) is 13.0 Å². The van der Waals surface area contributed by atoms with Crippen LogP contribution < -0.4 is 0 Å². The molecule has 0 unspecified atom stereocenters. The second kappa shape index (κ2) is 4.24. The number of rotatable bonds is 2. The van der Waals surface area contributed by atoms with Crippen LogP contribution in [-0.4, -0.2) is 43.4 Å². The topological polar surface area (TPSA) is 83.9 Å². The third-order valence-corrected chi connectivity index (χ3v) is 3.33. The quantitative estimate of drug-likeness (QED) is 0.512. The molecule has 0 spiro atoms. The lowest BCUT2D eigenvalue weighted by molar-refractivity contribution is -0.146. The van der Waals surface area contributed by atoms with Gasteiger partial charge >= 0.3 is 16.3 Å². The lowest BCUT2D eigenvalue weighted by Gasteiger charge is -2.27. The van der Waals surface area contributed by atoms with Crippen molar-refractivity contribution in [1.82, 2.24) is 4.31 Å².